The fraction of sp³-hybridized carbons (Fsp3) is 0.500. The van der Waals surface area contributed by atoms with Crippen molar-refractivity contribution in [2.45, 2.75) is 26.3 Å². The van der Waals surface area contributed by atoms with Crippen LogP contribution in [0.4, 0.5) is 4.39 Å². The summed E-state index contributed by atoms with van der Waals surface area (Å²) in [5.74, 6) is 0.203. The Morgan fingerprint density at radius 3 is 2.67 bits per heavy atom. The van der Waals surface area contributed by atoms with Crippen LogP contribution in [0.3, 0.4) is 0 Å². The van der Waals surface area contributed by atoms with Gasteiger partial charge < -0.3 is 5.73 Å². The van der Waals surface area contributed by atoms with E-state index in [1.807, 2.05) is 0 Å². The van der Waals surface area contributed by atoms with Gasteiger partial charge in [0.25, 0.3) is 0 Å². The van der Waals surface area contributed by atoms with E-state index in [4.69, 9.17) is 5.73 Å². The Labute approximate surface area is 98.0 Å². The highest BCUT2D eigenvalue weighted by atomic mass is 79.9. The molecule has 1 aliphatic carbocycles. The lowest BCUT2D eigenvalue weighted by Gasteiger charge is -2.15. The first kappa shape index (κ1) is 11.1. The molecule has 0 aromatic heterocycles. The molecule has 2 rings (SSSR count). The molecule has 1 aromatic rings. The Morgan fingerprint density at radius 1 is 1.53 bits per heavy atom. The highest BCUT2D eigenvalue weighted by Crippen LogP contribution is 2.57. The molecule has 15 heavy (non-hydrogen) atoms. The van der Waals surface area contributed by atoms with Gasteiger partial charge in [-0.25, -0.2) is 4.39 Å². The fourth-order valence-corrected chi connectivity index (χ4v) is 2.49. The summed E-state index contributed by atoms with van der Waals surface area (Å²) in [6, 6.07) is 4.77. The van der Waals surface area contributed by atoms with Gasteiger partial charge in [-0.1, -0.05) is 29.8 Å². The van der Waals surface area contributed by atoms with Crippen molar-refractivity contribution in [3.63, 3.8) is 0 Å². The maximum absolute atomic E-state index is 13.6. The van der Waals surface area contributed by atoms with E-state index in [-0.39, 0.29) is 17.3 Å². The van der Waals surface area contributed by atoms with Crippen molar-refractivity contribution in [1.82, 2.24) is 0 Å². The van der Waals surface area contributed by atoms with Gasteiger partial charge in [0.15, 0.2) is 0 Å². The number of hydrogen-bond acceptors (Lipinski definition) is 1. The molecule has 0 saturated heterocycles. The summed E-state index contributed by atoms with van der Waals surface area (Å²) in [7, 11) is 0. The van der Waals surface area contributed by atoms with Gasteiger partial charge in [0.05, 0.1) is 0 Å². The fourth-order valence-electron chi connectivity index (χ4n) is 2.11. The second-order valence-electron chi connectivity index (χ2n) is 4.99. The van der Waals surface area contributed by atoms with Crippen LogP contribution in [0.5, 0.6) is 0 Å². The Bertz CT molecular complexity index is 389. The van der Waals surface area contributed by atoms with Gasteiger partial charge in [-0.05, 0) is 36.0 Å². The van der Waals surface area contributed by atoms with Crippen LogP contribution in [-0.2, 0) is 0 Å². The Kier molecular flexibility index (Phi) is 2.63. The molecule has 2 unspecified atom stereocenters. The zero-order chi connectivity index (χ0) is 11.2. The van der Waals surface area contributed by atoms with E-state index in [9.17, 15) is 4.39 Å². The first-order chi connectivity index (χ1) is 6.92. The van der Waals surface area contributed by atoms with E-state index in [0.717, 1.165) is 10.9 Å². The van der Waals surface area contributed by atoms with E-state index in [0.29, 0.717) is 11.5 Å². The Morgan fingerprint density at radius 2 is 2.13 bits per heavy atom. The summed E-state index contributed by atoms with van der Waals surface area (Å²) in [4.78, 5) is 0. The smallest absolute Gasteiger partial charge is 0.128 e. The lowest BCUT2D eigenvalue weighted by Crippen LogP contribution is -2.17. The molecular weight excluding hydrogens is 257 g/mol. The van der Waals surface area contributed by atoms with Gasteiger partial charge in [-0.15, -0.1) is 0 Å². The minimum Gasteiger partial charge on any atom is -0.324 e. The lowest BCUT2D eigenvalue weighted by molar-refractivity contribution is 0.473. The number of benzene rings is 1. The third kappa shape index (κ3) is 2.08. The molecule has 1 fully saturated rings. The Balaban J connectivity index is 2.26. The third-order valence-corrected chi connectivity index (χ3v) is 3.83. The quantitative estimate of drug-likeness (QED) is 0.874. The minimum absolute atomic E-state index is 0.183. The van der Waals surface area contributed by atoms with Crippen LogP contribution in [0.15, 0.2) is 22.7 Å². The van der Waals surface area contributed by atoms with Crippen molar-refractivity contribution >= 4 is 15.9 Å². The van der Waals surface area contributed by atoms with Gasteiger partial charge in [-0.3, -0.25) is 0 Å². The molecular formula is C12H15BrFN. The molecule has 2 N–H and O–H groups in total. The van der Waals surface area contributed by atoms with E-state index in [1.54, 1.807) is 12.1 Å². The van der Waals surface area contributed by atoms with E-state index < -0.39 is 0 Å². The summed E-state index contributed by atoms with van der Waals surface area (Å²) in [6.45, 7) is 4.35. The normalized spacial score (nSPS) is 25.0. The molecule has 2 atom stereocenters. The molecule has 0 radical (unpaired) electrons. The van der Waals surface area contributed by atoms with Gasteiger partial charge in [0.1, 0.15) is 5.82 Å². The van der Waals surface area contributed by atoms with E-state index in [1.165, 1.54) is 6.07 Å². The van der Waals surface area contributed by atoms with Crippen molar-refractivity contribution < 1.29 is 4.39 Å². The maximum atomic E-state index is 13.6. The van der Waals surface area contributed by atoms with E-state index in [2.05, 4.69) is 29.8 Å². The van der Waals surface area contributed by atoms with Crippen LogP contribution < -0.4 is 5.73 Å². The summed E-state index contributed by atoms with van der Waals surface area (Å²) in [5, 5.41) is 0. The van der Waals surface area contributed by atoms with Crippen molar-refractivity contribution in [2.24, 2.45) is 17.1 Å². The summed E-state index contributed by atoms with van der Waals surface area (Å²) < 4.78 is 14.4. The van der Waals surface area contributed by atoms with Gasteiger partial charge in [0, 0.05) is 16.1 Å². The van der Waals surface area contributed by atoms with Gasteiger partial charge in [-0.2, -0.15) is 0 Å². The topological polar surface area (TPSA) is 26.0 Å². The molecule has 0 bridgehead atoms. The van der Waals surface area contributed by atoms with Crippen LogP contribution in [0.25, 0.3) is 0 Å². The predicted octanol–water partition coefficient (Wildman–Crippen LogP) is 3.63. The lowest BCUT2D eigenvalue weighted by atomic mass is 9.97. The van der Waals surface area contributed by atoms with Crippen molar-refractivity contribution in [2.75, 3.05) is 0 Å². The number of nitrogens with two attached hydrogens (primary N) is 1. The monoisotopic (exact) mass is 271 g/mol. The van der Waals surface area contributed by atoms with E-state index >= 15 is 0 Å². The molecule has 0 amide bonds. The number of hydrogen-bond donors (Lipinski definition) is 1. The summed E-state index contributed by atoms with van der Waals surface area (Å²) >= 11 is 3.34. The van der Waals surface area contributed by atoms with Crippen LogP contribution in [0.1, 0.15) is 31.9 Å². The van der Waals surface area contributed by atoms with Crippen molar-refractivity contribution in [3.8, 4) is 0 Å². The molecule has 3 heteroatoms. The number of rotatable bonds is 2. The molecule has 0 aliphatic heterocycles. The number of halogens is 2. The van der Waals surface area contributed by atoms with Crippen LogP contribution in [0.2, 0.25) is 0 Å². The standard InChI is InChI=1S/C12H15BrFN/c1-12(2)6-9(12)11(15)8-5-7(13)3-4-10(8)14/h3-5,9,11H,6,15H2,1-2H3. The Hall–Kier alpha value is -0.410. The average Bonchev–Trinajstić information content (AvgIpc) is 2.78. The molecule has 1 saturated carbocycles. The second-order valence-corrected chi connectivity index (χ2v) is 5.91. The zero-order valence-corrected chi connectivity index (χ0v) is 10.5. The summed E-state index contributed by atoms with van der Waals surface area (Å²) in [5.41, 5.74) is 6.98. The first-order valence-corrected chi connectivity index (χ1v) is 5.91. The molecule has 82 valence electrons. The van der Waals surface area contributed by atoms with Crippen LogP contribution in [-0.4, -0.2) is 0 Å². The van der Waals surface area contributed by atoms with Gasteiger partial charge >= 0.3 is 0 Å². The summed E-state index contributed by atoms with van der Waals surface area (Å²) in [6.07, 6.45) is 1.08. The highest BCUT2D eigenvalue weighted by molar-refractivity contribution is 9.10. The van der Waals surface area contributed by atoms with Crippen molar-refractivity contribution in [1.29, 1.82) is 0 Å². The second kappa shape index (κ2) is 3.56. The van der Waals surface area contributed by atoms with Crippen molar-refractivity contribution in [3.05, 3.63) is 34.1 Å². The highest BCUT2D eigenvalue weighted by Gasteiger charge is 2.49. The SMILES string of the molecule is CC1(C)CC1C(N)c1cc(Br)ccc1F. The largest absolute Gasteiger partial charge is 0.324 e. The predicted molar refractivity (Wildman–Crippen MR) is 62.9 cm³/mol. The first-order valence-electron chi connectivity index (χ1n) is 5.12. The molecule has 0 heterocycles. The average molecular weight is 272 g/mol. The molecule has 1 nitrogen and oxygen atoms in total. The van der Waals surface area contributed by atoms with Crippen LogP contribution in [0, 0.1) is 17.2 Å². The van der Waals surface area contributed by atoms with Crippen LogP contribution >= 0.6 is 15.9 Å². The molecule has 0 spiro atoms. The third-order valence-electron chi connectivity index (χ3n) is 3.34. The molecule has 1 aromatic carbocycles. The molecule has 1 aliphatic rings. The maximum Gasteiger partial charge on any atom is 0.128 e. The van der Waals surface area contributed by atoms with Gasteiger partial charge in [0.2, 0.25) is 0 Å². The minimum atomic E-state index is -0.201. The zero-order valence-electron chi connectivity index (χ0n) is 8.93.